The van der Waals surface area contributed by atoms with Gasteiger partial charge in [0.25, 0.3) is 0 Å². The molecule has 7 aromatic carbocycles. The normalized spacial score (nSPS) is 14.4. The number of hydrogen-bond acceptors (Lipinski definition) is 4. The van der Waals surface area contributed by atoms with Crippen LogP contribution < -0.4 is 0 Å². The highest BCUT2D eigenvalue weighted by Crippen LogP contribution is 2.36. The molecule has 9 aromatic rings. The highest BCUT2D eigenvalue weighted by molar-refractivity contribution is 6.09. The van der Waals surface area contributed by atoms with Crippen LogP contribution in [0.3, 0.4) is 0 Å². The number of rotatable bonds is 6. The number of hydrogen-bond donors (Lipinski definition) is 0. The van der Waals surface area contributed by atoms with E-state index >= 15 is 0 Å². The van der Waals surface area contributed by atoms with E-state index in [-0.39, 0.29) is 50.5 Å². The maximum atomic E-state index is 9.24. The Kier molecular flexibility index (Phi) is 4.78. The maximum absolute atomic E-state index is 9.24. The molecule has 0 saturated heterocycles. The number of aromatic nitrogens is 3. The summed E-state index contributed by atoms with van der Waals surface area (Å²) in [6.45, 7) is 0. The molecule has 0 atom stereocenters. The van der Waals surface area contributed by atoms with Crippen LogP contribution in [-0.4, -0.2) is 15.0 Å². The molecule has 0 aliphatic carbocycles. The molecule has 0 bridgehead atoms. The van der Waals surface area contributed by atoms with Gasteiger partial charge in [0, 0.05) is 33.0 Å². The first kappa shape index (κ1) is 19.2. The average molecular weight is 639 g/mol. The number of benzene rings is 7. The van der Waals surface area contributed by atoms with Crippen molar-refractivity contribution in [3.05, 3.63) is 176 Å². The Morgan fingerprint density at radius 2 is 0.898 bits per heavy atom. The van der Waals surface area contributed by atoms with Crippen molar-refractivity contribution >= 4 is 21.9 Å². The van der Waals surface area contributed by atoms with Gasteiger partial charge in [-0.25, -0.2) is 15.0 Å². The van der Waals surface area contributed by atoms with Crippen molar-refractivity contribution in [2.24, 2.45) is 0 Å². The Labute approximate surface area is 299 Å². The molecule has 2 aromatic heterocycles. The molecule has 4 nitrogen and oxygen atoms in total. The zero-order chi connectivity index (χ0) is 42.1. The van der Waals surface area contributed by atoms with Crippen molar-refractivity contribution in [3.8, 4) is 67.5 Å². The van der Waals surface area contributed by atoms with Gasteiger partial charge in [-0.3, -0.25) is 0 Å². The minimum absolute atomic E-state index is 0.145. The zero-order valence-electron chi connectivity index (χ0n) is 36.6. The van der Waals surface area contributed by atoms with Crippen LogP contribution in [-0.2, 0) is 0 Å². The summed E-state index contributed by atoms with van der Waals surface area (Å²) in [6, 6.07) is 28.4. The summed E-state index contributed by atoms with van der Waals surface area (Å²) >= 11 is 0. The Morgan fingerprint density at radius 1 is 0.388 bits per heavy atom. The van der Waals surface area contributed by atoms with Gasteiger partial charge < -0.3 is 4.42 Å². The van der Waals surface area contributed by atoms with E-state index in [2.05, 4.69) is 29.2 Å². The minimum atomic E-state index is -0.655. The van der Waals surface area contributed by atoms with E-state index in [1.165, 1.54) is 0 Å². The molecule has 0 N–H and O–H groups in total. The fourth-order valence-electron chi connectivity index (χ4n) is 5.71. The summed E-state index contributed by atoms with van der Waals surface area (Å²) in [5.41, 5.74) is 3.63. The fraction of sp³-hybridized carbons (Fsp3) is 0. The first-order chi connectivity index (χ1) is 28.8. The van der Waals surface area contributed by atoms with Gasteiger partial charge in [-0.1, -0.05) is 164 Å². The van der Waals surface area contributed by atoms with Gasteiger partial charge in [0.05, 0.1) is 15.1 Å². The molecule has 49 heavy (non-hydrogen) atoms. The summed E-state index contributed by atoms with van der Waals surface area (Å²) in [5, 5.41) is -0.402. The lowest BCUT2D eigenvalue weighted by atomic mass is 9.98. The monoisotopic (exact) mass is 638 g/mol. The third kappa shape index (κ3) is 5.45. The molecule has 9 rings (SSSR count). The van der Waals surface area contributed by atoms with Gasteiger partial charge in [0.1, 0.15) is 11.2 Å². The van der Waals surface area contributed by atoms with Crippen LogP contribution in [0.15, 0.2) is 180 Å². The second kappa shape index (κ2) is 12.2. The number of fused-ring (bicyclic) bond motifs is 3. The highest BCUT2D eigenvalue weighted by Gasteiger charge is 2.15. The molecule has 2 heterocycles. The third-order valence-electron chi connectivity index (χ3n) is 8.15. The van der Waals surface area contributed by atoms with Crippen LogP contribution >= 0.6 is 0 Å². The first-order valence-corrected chi connectivity index (χ1v) is 15.5. The molecular formula is C45H29N3O. The second-order valence-corrected chi connectivity index (χ2v) is 11.2. The zero-order valence-corrected chi connectivity index (χ0v) is 25.6. The fourth-order valence-corrected chi connectivity index (χ4v) is 5.71. The van der Waals surface area contributed by atoms with Gasteiger partial charge in [-0.05, 0) is 39.9 Å². The highest BCUT2D eigenvalue weighted by atomic mass is 16.3. The molecule has 0 aliphatic heterocycles. The summed E-state index contributed by atoms with van der Waals surface area (Å²) in [4.78, 5) is 14.1. The van der Waals surface area contributed by atoms with E-state index in [4.69, 9.17) is 24.0 Å². The Bertz CT molecular complexity index is 3180. The lowest BCUT2D eigenvalue weighted by Gasteiger charge is -2.10. The van der Waals surface area contributed by atoms with Gasteiger partial charge in [0.15, 0.2) is 17.5 Å². The van der Waals surface area contributed by atoms with Crippen LogP contribution in [0.2, 0.25) is 0 Å². The summed E-state index contributed by atoms with van der Waals surface area (Å²) in [5.74, 6) is 0.290. The van der Waals surface area contributed by atoms with E-state index in [1.54, 1.807) is 12.1 Å². The van der Waals surface area contributed by atoms with Gasteiger partial charge in [-0.2, -0.15) is 0 Å². The summed E-state index contributed by atoms with van der Waals surface area (Å²) in [6.07, 6.45) is 0. The topological polar surface area (TPSA) is 51.8 Å². The van der Waals surface area contributed by atoms with E-state index in [9.17, 15) is 5.48 Å². The Balaban J connectivity index is 1.21. The second-order valence-electron chi connectivity index (χ2n) is 11.2. The minimum Gasteiger partial charge on any atom is -0.455 e. The van der Waals surface area contributed by atoms with Crippen LogP contribution in [0.4, 0.5) is 0 Å². The van der Waals surface area contributed by atoms with Gasteiger partial charge in [0.2, 0.25) is 0 Å². The van der Waals surface area contributed by atoms with E-state index < -0.39 is 72.0 Å². The average Bonchev–Trinajstić information content (AvgIpc) is 3.69. The van der Waals surface area contributed by atoms with Crippen molar-refractivity contribution in [2.45, 2.75) is 0 Å². The van der Waals surface area contributed by atoms with Gasteiger partial charge >= 0.3 is 0 Å². The third-order valence-corrected chi connectivity index (χ3v) is 8.15. The van der Waals surface area contributed by atoms with E-state index in [0.29, 0.717) is 11.1 Å². The van der Waals surface area contributed by atoms with Crippen molar-refractivity contribution in [1.82, 2.24) is 15.0 Å². The molecular weight excluding hydrogens is 599 g/mol. The maximum Gasteiger partial charge on any atom is 0.164 e. The molecule has 0 unspecified atom stereocenters. The quantitative estimate of drug-likeness (QED) is 0.182. The molecule has 0 saturated carbocycles. The van der Waals surface area contributed by atoms with Gasteiger partial charge in [-0.15, -0.1) is 0 Å². The lowest BCUT2D eigenvalue weighted by Crippen LogP contribution is -2.00. The smallest absolute Gasteiger partial charge is 0.164 e. The largest absolute Gasteiger partial charge is 0.455 e. The van der Waals surface area contributed by atoms with Crippen LogP contribution in [0.1, 0.15) is 15.1 Å². The summed E-state index contributed by atoms with van der Waals surface area (Å²) < 4.78 is 102. The van der Waals surface area contributed by atoms with Crippen LogP contribution in [0.25, 0.3) is 89.5 Å². The predicted octanol–water partition coefficient (Wildman–Crippen LogP) is 11.8. The predicted molar refractivity (Wildman–Crippen MR) is 200 cm³/mol. The molecule has 0 amide bonds. The van der Waals surface area contributed by atoms with Crippen molar-refractivity contribution in [3.63, 3.8) is 0 Å². The molecule has 0 spiro atoms. The SMILES string of the molecule is [2H]c1c([2H])c(-c2c([2H])c([2H])c([2H])c3c2oc2c([2H])c([2H])c([2H])c([2H])c23)c([2H])c([2H])c1-c1nc(-c2ccccc2)nc(-c2ccc(-c3cccc(-c4ccccc4)c3)cc2)n1. The standard InChI is InChI=1S/C45H29N3O/c1-3-11-30(12-4-1)36-15-9-16-37(29-36)31-21-25-34(26-22-31)44-46-43(33-13-5-2-6-14-33)47-45(48-44)35-27-23-32(24-28-35)38-18-10-19-40-39-17-7-8-20-41(39)49-42(38)40/h1-29H/i7D,8D,10D,17D,18D,19D,20D,23D,24D,27D,28D. The number of nitrogens with zero attached hydrogens (tertiary/aromatic N) is 3. The number of para-hydroxylation sites is 2. The summed E-state index contributed by atoms with van der Waals surface area (Å²) in [7, 11) is 0. The Morgan fingerprint density at radius 3 is 1.59 bits per heavy atom. The molecule has 230 valence electrons. The lowest BCUT2D eigenvalue weighted by molar-refractivity contribution is 0.670. The van der Waals surface area contributed by atoms with Crippen LogP contribution in [0, 0.1) is 0 Å². The van der Waals surface area contributed by atoms with Crippen molar-refractivity contribution in [2.75, 3.05) is 0 Å². The number of furan rings is 1. The van der Waals surface area contributed by atoms with Crippen molar-refractivity contribution < 1.29 is 19.5 Å². The Hall–Kier alpha value is -6.65. The molecule has 0 radical (unpaired) electrons. The molecule has 4 heteroatoms. The van der Waals surface area contributed by atoms with Crippen LogP contribution in [0.5, 0.6) is 0 Å². The van der Waals surface area contributed by atoms with E-state index in [1.807, 2.05) is 72.8 Å². The van der Waals surface area contributed by atoms with Crippen molar-refractivity contribution in [1.29, 1.82) is 0 Å². The molecule has 0 aliphatic rings. The van der Waals surface area contributed by atoms with E-state index in [0.717, 1.165) is 22.3 Å². The molecule has 0 fully saturated rings. The first-order valence-electron chi connectivity index (χ1n) is 21.0.